The normalized spacial score (nSPS) is 11.5. The summed E-state index contributed by atoms with van der Waals surface area (Å²) in [7, 11) is 0. The molecule has 0 aliphatic carbocycles. The highest BCUT2D eigenvalue weighted by Crippen LogP contribution is 2.29. The van der Waals surface area contributed by atoms with Gasteiger partial charge in [-0.15, -0.1) is 11.8 Å². The summed E-state index contributed by atoms with van der Waals surface area (Å²) in [5.74, 6) is 0.143. The molecule has 0 aromatic heterocycles. The lowest BCUT2D eigenvalue weighted by atomic mass is 10.1. The Morgan fingerprint density at radius 2 is 1.93 bits per heavy atom. The van der Waals surface area contributed by atoms with Crippen LogP contribution in [0.4, 0.5) is 18.9 Å². The second kappa shape index (κ2) is 9.17. The van der Waals surface area contributed by atoms with Gasteiger partial charge >= 0.3 is 6.18 Å². The number of carbonyl (C=O) groups is 1. The minimum absolute atomic E-state index is 0.00887. The van der Waals surface area contributed by atoms with Gasteiger partial charge in [0.1, 0.15) is 0 Å². The van der Waals surface area contributed by atoms with E-state index in [4.69, 9.17) is 0 Å². The van der Waals surface area contributed by atoms with Crippen LogP contribution in [0.5, 0.6) is 0 Å². The maximum Gasteiger partial charge on any atom is 0.416 e. The van der Waals surface area contributed by atoms with Crippen molar-refractivity contribution in [1.29, 1.82) is 0 Å². The molecule has 1 amide bonds. The van der Waals surface area contributed by atoms with Gasteiger partial charge in [-0.05, 0) is 23.3 Å². The molecule has 10 heteroatoms. The Kier molecular flexibility index (Phi) is 6.94. The van der Waals surface area contributed by atoms with Crippen molar-refractivity contribution in [1.82, 2.24) is 5.43 Å². The van der Waals surface area contributed by atoms with E-state index in [1.807, 2.05) is 0 Å². The zero-order chi connectivity index (χ0) is 19.9. The van der Waals surface area contributed by atoms with Gasteiger partial charge in [-0.3, -0.25) is 14.9 Å². The largest absolute Gasteiger partial charge is 0.416 e. The summed E-state index contributed by atoms with van der Waals surface area (Å²) < 4.78 is 37.8. The molecule has 0 fully saturated rings. The smallest absolute Gasteiger partial charge is 0.272 e. The van der Waals surface area contributed by atoms with Crippen LogP contribution in [-0.2, 0) is 16.7 Å². The number of rotatable bonds is 7. The number of non-ortho nitro benzene ring substituents is 1. The summed E-state index contributed by atoms with van der Waals surface area (Å²) in [5, 5.41) is 14.2. The molecular formula is C17H14F3N3O3S. The summed E-state index contributed by atoms with van der Waals surface area (Å²) >= 11 is 1.28. The van der Waals surface area contributed by atoms with E-state index in [0.29, 0.717) is 5.75 Å². The molecule has 0 spiro atoms. The Bertz CT molecular complexity index is 839. The van der Waals surface area contributed by atoms with E-state index < -0.39 is 22.6 Å². The van der Waals surface area contributed by atoms with E-state index in [2.05, 4.69) is 10.5 Å². The number of carbonyl (C=O) groups excluding carboxylic acids is 1. The molecule has 142 valence electrons. The molecule has 0 heterocycles. The monoisotopic (exact) mass is 397 g/mol. The van der Waals surface area contributed by atoms with Crippen LogP contribution in [0.3, 0.4) is 0 Å². The third-order valence-corrected chi connectivity index (χ3v) is 4.27. The van der Waals surface area contributed by atoms with Crippen LogP contribution < -0.4 is 5.43 Å². The number of nitro groups is 1. The van der Waals surface area contributed by atoms with Crippen molar-refractivity contribution in [3.63, 3.8) is 0 Å². The molecule has 0 aliphatic rings. The summed E-state index contributed by atoms with van der Waals surface area (Å²) in [5.41, 5.74) is 2.47. The van der Waals surface area contributed by atoms with E-state index >= 15 is 0 Å². The van der Waals surface area contributed by atoms with E-state index in [1.54, 1.807) is 12.1 Å². The second-order valence-electron chi connectivity index (χ2n) is 5.33. The molecule has 0 radical (unpaired) electrons. The third kappa shape index (κ3) is 6.74. The molecule has 2 rings (SSSR count). The van der Waals surface area contributed by atoms with Crippen LogP contribution in [0, 0.1) is 10.1 Å². The number of amides is 1. The van der Waals surface area contributed by atoms with Crippen molar-refractivity contribution in [3.8, 4) is 0 Å². The Hall–Kier alpha value is -2.88. The van der Waals surface area contributed by atoms with Gasteiger partial charge in [0.2, 0.25) is 5.91 Å². The number of nitrogens with zero attached hydrogens (tertiary/aromatic N) is 2. The molecule has 27 heavy (non-hydrogen) atoms. The number of halogens is 3. The lowest BCUT2D eigenvalue weighted by molar-refractivity contribution is -0.384. The number of benzene rings is 2. The van der Waals surface area contributed by atoms with Gasteiger partial charge < -0.3 is 0 Å². The fourth-order valence-corrected chi connectivity index (χ4v) is 2.76. The maximum atomic E-state index is 12.6. The predicted octanol–water partition coefficient (Wildman–Crippen LogP) is 4.00. The van der Waals surface area contributed by atoms with E-state index in [-0.39, 0.29) is 17.0 Å². The summed E-state index contributed by atoms with van der Waals surface area (Å²) in [6, 6.07) is 10.6. The fraction of sp³-hybridized carbons (Fsp3) is 0.176. The van der Waals surface area contributed by atoms with Gasteiger partial charge in [0.05, 0.1) is 22.5 Å². The molecule has 2 aromatic carbocycles. The fourth-order valence-electron chi connectivity index (χ4n) is 1.98. The summed E-state index contributed by atoms with van der Waals surface area (Å²) in [6.45, 7) is 0. The second-order valence-corrected chi connectivity index (χ2v) is 6.32. The first-order chi connectivity index (χ1) is 12.8. The number of nitrogens with one attached hydrogen (secondary N) is 1. The number of hydrogen-bond acceptors (Lipinski definition) is 5. The molecule has 0 saturated carbocycles. The van der Waals surface area contributed by atoms with Crippen LogP contribution in [0.25, 0.3) is 0 Å². The first-order valence-electron chi connectivity index (χ1n) is 7.56. The Morgan fingerprint density at radius 3 is 2.56 bits per heavy atom. The van der Waals surface area contributed by atoms with Crippen molar-refractivity contribution in [3.05, 3.63) is 75.3 Å². The maximum absolute atomic E-state index is 12.6. The average Bonchev–Trinajstić information content (AvgIpc) is 2.62. The van der Waals surface area contributed by atoms with Crippen LogP contribution in [0.1, 0.15) is 16.7 Å². The molecule has 2 aromatic rings. The standard InChI is InChI=1S/C17H14F3N3O3S/c18-17(19,20)14-3-1-2-13(8-14)9-21-22-16(24)11-27-10-12-4-6-15(7-5-12)23(25)26/h1-9H,10-11H2,(H,22,24)/b21-9-. The van der Waals surface area contributed by atoms with Gasteiger partial charge in [-0.2, -0.15) is 18.3 Å². The highest BCUT2D eigenvalue weighted by molar-refractivity contribution is 7.99. The van der Waals surface area contributed by atoms with Gasteiger partial charge in [0.15, 0.2) is 0 Å². The van der Waals surface area contributed by atoms with Crippen LogP contribution in [0.15, 0.2) is 53.6 Å². The van der Waals surface area contributed by atoms with Gasteiger partial charge in [-0.1, -0.05) is 24.3 Å². The molecular weight excluding hydrogens is 383 g/mol. The minimum atomic E-state index is -4.44. The Labute approximate surface area is 156 Å². The highest BCUT2D eigenvalue weighted by atomic mass is 32.2. The van der Waals surface area contributed by atoms with Crippen molar-refractivity contribution < 1.29 is 22.9 Å². The van der Waals surface area contributed by atoms with Crippen LogP contribution >= 0.6 is 11.8 Å². The molecule has 0 aliphatic heterocycles. The Balaban J connectivity index is 1.77. The molecule has 0 unspecified atom stereocenters. The van der Waals surface area contributed by atoms with Crippen molar-refractivity contribution in [2.24, 2.45) is 5.10 Å². The summed E-state index contributed by atoms with van der Waals surface area (Å²) in [6.07, 6.45) is -3.31. The average molecular weight is 397 g/mol. The number of nitro benzene ring substituents is 1. The van der Waals surface area contributed by atoms with Crippen molar-refractivity contribution in [2.45, 2.75) is 11.9 Å². The van der Waals surface area contributed by atoms with Crippen molar-refractivity contribution >= 4 is 29.6 Å². The first-order valence-corrected chi connectivity index (χ1v) is 8.71. The summed E-state index contributed by atoms with van der Waals surface area (Å²) in [4.78, 5) is 21.7. The van der Waals surface area contributed by atoms with E-state index in [1.165, 1.54) is 36.0 Å². The highest BCUT2D eigenvalue weighted by Gasteiger charge is 2.30. The first kappa shape index (κ1) is 20.4. The molecule has 0 bridgehead atoms. The number of hydrazone groups is 1. The molecule has 0 atom stereocenters. The SMILES string of the molecule is O=C(CSCc1ccc([N+](=O)[O-])cc1)N/N=C\c1cccc(C(F)(F)F)c1. The van der Waals surface area contributed by atoms with E-state index in [9.17, 15) is 28.1 Å². The topological polar surface area (TPSA) is 84.6 Å². The van der Waals surface area contributed by atoms with Crippen LogP contribution in [-0.4, -0.2) is 22.8 Å². The molecule has 0 saturated heterocycles. The third-order valence-electron chi connectivity index (χ3n) is 3.27. The quantitative estimate of drug-likeness (QED) is 0.435. The molecule has 6 nitrogen and oxygen atoms in total. The van der Waals surface area contributed by atoms with E-state index in [0.717, 1.165) is 23.9 Å². The molecule has 1 N–H and O–H groups in total. The zero-order valence-corrected chi connectivity index (χ0v) is 14.6. The van der Waals surface area contributed by atoms with Crippen molar-refractivity contribution in [2.75, 3.05) is 5.75 Å². The lowest BCUT2D eigenvalue weighted by Gasteiger charge is -2.06. The minimum Gasteiger partial charge on any atom is -0.272 e. The van der Waals surface area contributed by atoms with Gasteiger partial charge in [0, 0.05) is 17.9 Å². The van der Waals surface area contributed by atoms with Crippen LogP contribution in [0.2, 0.25) is 0 Å². The predicted molar refractivity (Wildman–Crippen MR) is 96.4 cm³/mol. The zero-order valence-electron chi connectivity index (χ0n) is 13.8. The van der Waals surface area contributed by atoms with Gasteiger partial charge in [-0.25, -0.2) is 5.43 Å². The number of alkyl halides is 3. The Morgan fingerprint density at radius 1 is 1.22 bits per heavy atom. The lowest BCUT2D eigenvalue weighted by Crippen LogP contribution is -2.19. The number of thioether (sulfide) groups is 1. The van der Waals surface area contributed by atoms with Gasteiger partial charge in [0.25, 0.3) is 5.69 Å². The number of hydrogen-bond donors (Lipinski definition) is 1.